The standard InChI is InChI=1S/C27H25BrN4O3/c1-17(29-23(33)16-18-9-8-12-20(28)15-18)26(34)31-25-27(35)32(2)22-14-7-6-13-21(22)24(30-25)19-10-4-3-5-11-19/h3-15,17,25H,16H2,1-2H3,(H,29,33)(H,31,34)/t17-,25+/m0/s1. The number of likely N-dealkylation sites (N-methyl/N-ethyl adjacent to an activating group) is 1. The number of halogens is 1. The molecule has 1 aliphatic heterocycles. The van der Waals surface area contributed by atoms with Crippen molar-refractivity contribution in [3.63, 3.8) is 0 Å². The van der Waals surface area contributed by atoms with Crippen LogP contribution in [0.1, 0.15) is 23.6 Å². The zero-order chi connectivity index (χ0) is 24.9. The van der Waals surface area contributed by atoms with E-state index < -0.39 is 18.1 Å². The Balaban J connectivity index is 1.54. The molecule has 0 aromatic heterocycles. The largest absolute Gasteiger partial charge is 0.344 e. The molecule has 0 aliphatic carbocycles. The summed E-state index contributed by atoms with van der Waals surface area (Å²) in [6, 6.07) is 23.6. The van der Waals surface area contributed by atoms with Crippen LogP contribution in [-0.4, -0.2) is 42.7 Å². The van der Waals surface area contributed by atoms with Crippen LogP contribution >= 0.6 is 15.9 Å². The Morgan fingerprint density at radius 2 is 1.74 bits per heavy atom. The molecular formula is C27H25BrN4O3. The quantitative estimate of drug-likeness (QED) is 0.509. The first-order valence-electron chi connectivity index (χ1n) is 11.2. The predicted molar refractivity (Wildman–Crippen MR) is 139 cm³/mol. The van der Waals surface area contributed by atoms with Crippen molar-refractivity contribution in [2.75, 3.05) is 11.9 Å². The normalized spacial score (nSPS) is 16.0. The van der Waals surface area contributed by atoms with E-state index in [4.69, 9.17) is 0 Å². The highest BCUT2D eigenvalue weighted by Crippen LogP contribution is 2.27. The molecule has 178 valence electrons. The summed E-state index contributed by atoms with van der Waals surface area (Å²) in [4.78, 5) is 44.9. The lowest BCUT2D eigenvalue weighted by atomic mass is 10.0. The van der Waals surface area contributed by atoms with E-state index in [-0.39, 0.29) is 18.2 Å². The fourth-order valence-electron chi connectivity index (χ4n) is 3.89. The Morgan fingerprint density at radius 1 is 1.03 bits per heavy atom. The van der Waals surface area contributed by atoms with Gasteiger partial charge in [-0.05, 0) is 30.7 Å². The summed E-state index contributed by atoms with van der Waals surface area (Å²) in [6.07, 6.45) is -1.01. The summed E-state index contributed by atoms with van der Waals surface area (Å²) in [5, 5.41) is 5.41. The molecule has 0 radical (unpaired) electrons. The first-order valence-corrected chi connectivity index (χ1v) is 12.0. The fraction of sp³-hybridized carbons (Fsp3) is 0.185. The minimum atomic E-state index is -1.14. The van der Waals surface area contributed by atoms with Crippen LogP contribution in [0, 0.1) is 0 Å². The highest BCUT2D eigenvalue weighted by molar-refractivity contribution is 9.10. The van der Waals surface area contributed by atoms with Crippen LogP contribution in [0.3, 0.4) is 0 Å². The molecule has 0 saturated heterocycles. The highest BCUT2D eigenvalue weighted by atomic mass is 79.9. The SMILES string of the molecule is C[C@H](NC(=O)Cc1cccc(Br)c1)C(=O)N[C@H]1N=C(c2ccccc2)c2ccccc2N(C)C1=O. The number of hydrogen-bond acceptors (Lipinski definition) is 4. The van der Waals surface area contributed by atoms with Crippen LogP contribution in [-0.2, 0) is 20.8 Å². The van der Waals surface area contributed by atoms with Gasteiger partial charge in [0.15, 0.2) is 0 Å². The number of hydrogen-bond donors (Lipinski definition) is 2. The molecule has 0 saturated carbocycles. The highest BCUT2D eigenvalue weighted by Gasteiger charge is 2.32. The summed E-state index contributed by atoms with van der Waals surface area (Å²) < 4.78 is 0.873. The van der Waals surface area contributed by atoms with E-state index in [0.29, 0.717) is 11.4 Å². The second kappa shape index (κ2) is 10.7. The van der Waals surface area contributed by atoms with Gasteiger partial charge in [-0.15, -0.1) is 0 Å². The van der Waals surface area contributed by atoms with Crippen LogP contribution in [0.5, 0.6) is 0 Å². The molecule has 4 rings (SSSR count). The number of fused-ring (bicyclic) bond motifs is 1. The van der Waals surface area contributed by atoms with Crippen molar-refractivity contribution in [2.24, 2.45) is 4.99 Å². The number of benzodiazepines with no additional fused rings is 1. The van der Waals surface area contributed by atoms with Gasteiger partial charge in [0.1, 0.15) is 6.04 Å². The number of amides is 3. The second-order valence-corrected chi connectivity index (χ2v) is 9.18. The van der Waals surface area contributed by atoms with Crippen LogP contribution in [0.4, 0.5) is 5.69 Å². The molecule has 35 heavy (non-hydrogen) atoms. The second-order valence-electron chi connectivity index (χ2n) is 8.27. The van der Waals surface area contributed by atoms with E-state index in [2.05, 4.69) is 31.6 Å². The Labute approximate surface area is 212 Å². The number of nitrogens with one attached hydrogen (secondary N) is 2. The van der Waals surface area contributed by atoms with Gasteiger partial charge in [-0.3, -0.25) is 14.4 Å². The van der Waals surface area contributed by atoms with Crippen molar-refractivity contribution in [1.29, 1.82) is 0 Å². The first-order chi connectivity index (χ1) is 16.8. The molecule has 0 unspecified atom stereocenters. The predicted octanol–water partition coefficient (Wildman–Crippen LogP) is 3.45. The topological polar surface area (TPSA) is 90.9 Å². The number of carbonyl (C=O) groups excluding carboxylic acids is 3. The smallest absolute Gasteiger partial charge is 0.272 e. The summed E-state index contributed by atoms with van der Waals surface area (Å²) in [7, 11) is 1.66. The molecule has 1 heterocycles. The lowest BCUT2D eigenvalue weighted by molar-refractivity contribution is -0.130. The number of aliphatic imine (C=N–C) groups is 1. The Morgan fingerprint density at radius 3 is 2.49 bits per heavy atom. The monoisotopic (exact) mass is 532 g/mol. The van der Waals surface area contributed by atoms with Gasteiger partial charge in [-0.2, -0.15) is 0 Å². The molecular weight excluding hydrogens is 508 g/mol. The summed E-state index contributed by atoms with van der Waals surface area (Å²) in [6.45, 7) is 1.58. The minimum absolute atomic E-state index is 0.133. The van der Waals surface area contributed by atoms with Crippen molar-refractivity contribution in [3.05, 3.63) is 100 Å². The number of nitrogens with zero attached hydrogens (tertiary/aromatic N) is 2. The lowest BCUT2D eigenvalue weighted by Gasteiger charge is -2.22. The minimum Gasteiger partial charge on any atom is -0.344 e. The Kier molecular flexibility index (Phi) is 7.41. The number of benzene rings is 3. The van der Waals surface area contributed by atoms with E-state index in [9.17, 15) is 14.4 Å². The number of rotatable bonds is 6. The number of para-hydroxylation sites is 1. The molecule has 3 aromatic rings. The maximum Gasteiger partial charge on any atom is 0.272 e. The molecule has 2 N–H and O–H groups in total. The molecule has 2 atom stereocenters. The molecule has 0 bridgehead atoms. The average molecular weight is 533 g/mol. The van der Waals surface area contributed by atoms with Crippen LogP contribution in [0.15, 0.2) is 88.3 Å². The van der Waals surface area contributed by atoms with Crippen LogP contribution < -0.4 is 15.5 Å². The zero-order valence-electron chi connectivity index (χ0n) is 19.4. The summed E-state index contributed by atoms with van der Waals surface area (Å²) in [5.74, 6) is -1.17. The third kappa shape index (κ3) is 5.66. The molecule has 1 aliphatic rings. The van der Waals surface area contributed by atoms with Crippen molar-refractivity contribution < 1.29 is 14.4 Å². The van der Waals surface area contributed by atoms with E-state index in [1.807, 2.05) is 78.9 Å². The van der Waals surface area contributed by atoms with Gasteiger partial charge < -0.3 is 15.5 Å². The van der Waals surface area contributed by atoms with Crippen molar-refractivity contribution in [3.8, 4) is 0 Å². The Hall–Kier alpha value is -3.78. The average Bonchev–Trinajstić information content (AvgIpc) is 2.95. The van der Waals surface area contributed by atoms with Gasteiger partial charge in [0, 0.05) is 22.6 Å². The van der Waals surface area contributed by atoms with Gasteiger partial charge in [0.25, 0.3) is 5.91 Å². The Bertz CT molecular complexity index is 1290. The van der Waals surface area contributed by atoms with Crippen LogP contribution in [0.25, 0.3) is 0 Å². The van der Waals surface area contributed by atoms with Crippen molar-refractivity contribution >= 4 is 45.1 Å². The molecule has 7 nitrogen and oxygen atoms in total. The molecule has 0 fully saturated rings. The van der Waals surface area contributed by atoms with Gasteiger partial charge in [0.2, 0.25) is 18.0 Å². The van der Waals surface area contributed by atoms with Gasteiger partial charge in [-0.1, -0.05) is 76.6 Å². The molecule has 3 aromatic carbocycles. The number of carbonyl (C=O) groups is 3. The van der Waals surface area contributed by atoms with E-state index in [0.717, 1.165) is 21.2 Å². The summed E-state index contributed by atoms with van der Waals surface area (Å²) >= 11 is 3.39. The van der Waals surface area contributed by atoms with E-state index in [1.54, 1.807) is 14.0 Å². The zero-order valence-corrected chi connectivity index (χ0v) is 21.0. The fourth-order valence-corrected chi connectivity index (χ4v) is 4.34. The summed E-state index contributed by atoms with van der Waals surface area (Å²) in [5.41, 5.74) is 3.75. The van der Waals surface area contributed by atoms with E-state index in [1.165, 1.54) is 4.90 Å². The third-order valence-electron chi connectivity index (χ3n) is 5.69. The van der Waals surface area contributed by atoms with Crippen molar-refractivity contribution in [1.82, 2.24) is 10.6 Å². The number of anilines is 1. The lowest BCUT2D eigenvalue weighted by Crippen LogP contribution is -2.52. The van der Waals surface area contributed by atoms with Gasteiger partial charge in [0.05, 0.1) is 17.8 Å². The molecule has 3 amide bonds. The maximum absolute atomic E-state index is 13.3. The van der Waals surface area contributed by atoms with Crippen molar-refractivity contribution in [2.45, 2.75) is 25.6 Å². The first kappa shape index (κ1) is 24.3. The van der Waals surface area contributed by atoms with Gasteiger partial charge >= 0.3 is 0 Å². The van der Waals surface area contributed by atoms with E-state index >= 15 is 0 Å². The third-order valence-corrected chi connectivity index (χ3v) is 6.19. The van der Waals surface area contributed by atoms with Gasteiger partial charge in [-0.25, -0.2) is 4.99 Å². The molecule has 8 heteroatoms. The maximum atomic E-state index is 13.3. The van der Waals surface area contributed by atoms with Crippen LogP contribution in [0.2, 0.25) is 0 Å². The molecule has 0 spiro atoms.